The van der Waals surface area contributed by atoms with Crippen LogP contribution in [0.3, 0.4) is 0 Å². The molecule has 0 amide bonds. The topological polar surface area (TPSA) is 12.0 Å². The van der Waals surface area contributed by atoms with Crippen LogP contribution in [-0.2, 0) is 0 Å². The first-order valence-corrected chi connectivity index (χ1v) is 8.24. The van der Waals surface area contributed by atoms with Crippen LogP contribution in [0.25, 0.3) is 0 Å². The number of halogens is 1. The molecule has 1 aromatic rings. The fourth-order valence-electron chi connectivity index (χ4n) is 3.33. The van der Waals surface area contributed by atoms with Crippen molar-refractivity contribution in [1.29, 1.82) is 0 Å². The van der Waals surface area contributed by atoms with Crippen molar-refractivity contribution in [1.82, 2.24) is 0 Å². The molecule has 0 heterocycles. The van der Waals surface area contributed by atoms with Crippen LogP contribution < -0.4 is 5.32 Å². The maximum Gasteiger partial charge on any atom is 0.0640 e. The molecule has 0 saturated heterocycles. The molecule has 0 bridgehead atoms. The molecule has 1 fully saturated rings. The Hall–Kier alpha value is -0.690. The van der Waals surface area contributed by atoms with Crippen LogP contribution in [0, 0.1) is 24.2 Å². The van der Waals surface area contributed by atoms with E-state index < -0.39 is 0 Å². The van der Waals surface area contributed by atoms with Gasteiger partial charge in [0.15, 0.2) is 0 Å². The number of aryl methyl sites for hydroxylation is 1. The quantitative estimate of drug-likeness (QED) is 0.730. The highest BCUT2D eigenvalue weighted by Gasteiger charge is 2.29. The van der Waals surface area contributed by atoms with Crippen LogP contribution in [-0.4, -0.2) is 6.54 Å². The summed E-state index contributed by atoms with van der Waals surface area (Å²) >= 11 is 6.27. The molecular weight excluding hydrogens is 266 g/mol. The van der Waals surface area contributed by atoms with Gasteiger partial charge in [0.1, 0.15) is 0 Å². The summed E-state index contributed by atoms with van der Waals surface area (Å²) in [6.07, 6.45) is 5.44. The fraction of sp³-hybridized carbons (Fsp3) is 0.667. The molecule has 1 N–H and O–H groups in total. The van der Waals surface area contributed by atoms with Gasteiger partial charge in [-0.3, -0.25) is 0 Å². The van der Waals surface area contributed by atoms with Gasteiger partial charge in [-0.25, -0.2) is 0 Å². The van der Waals surface area contributed by atoms with Gasteiger partial charge in [0.25, 0.3) is 0 Å². The number of rotatable bonds is 3. The minimum absolute atomic E-state index is 0.470. The minimum atomic E-state index is 0.470. The number of benzene rings is 1. The predicted molar refractivity (Wildman–Crippen MR) is 89.6 cm³/mol. The van der Waals surface area contributed by atoms with Crippen LogP contribution in [0.1, 0.15) is 52.0 Å². The molecule has 1 aliphatic rings. The lowest BCUT2D eigenvalue weighted by atomic mass is 9.70. The number of anilines is 1. The molecule has 0 spiro atoms. The van der Waals surface area contributed by atoms with Gasteiger partial charge in [0.05, 0.1) is 10.7 Å². The summed E-state index contributed by atoms with van der Waals surface area (Å²) < 4.78 is 0. The summed E-state index contributed by atoms with van der Waals surface area (Å²) in [6, 6.07) is 6.09. The van der Waals surface area contributed by atoms with Crippen LogP contribution in [0.4, 0.5) is 5.69 Å². The lowest BCUT2D eigenvalue weighted by Gasteiger charge is -2.37. The van der Waals surface area contributed by atoms with Gasteiger partial charge in [-0.05, 0) is 61.5 Å². The summed E-state index contributed by atoms with van der Waals surface area (Å²) in [5.74, 6) is 1.69. The van der Waals surface area contributed by atoms with Gasteiger partial charge in [-0.15, -0.1) is 0 Å². The van der Waals surface area contributed by atoms with Crippen LogP contribution in [0.5, 0.6) is 0 Å². The maximum atomic E-state index is 6.27. The summed E-state index contributed by atoms with van der Waals surface area (Å²) in [4.78, 5) is 0. The summed E-state index contributed by atoms with van der Waals surface area (Å²) in [6.45, 7) is 10.3. The Balaban J connectivity index is 1.85. The standard InChI is InChI=1S/C18H28ClN/c1-13-6-5-7-16(19)17(13)20-12-14-8-10-15(11-9-14)18(2,3)4/h5-7,14-15,20H,8-12H2,1-4H3. The first kappa shape index (κ1) is 15.7. The Morgan fingerprint density at radius 1 is 1.15 bits per heavy atom. The lowest BCUT2D eigenvalue weighted by Crippen LogP contribution is -2.28. The van der Waals surface area contributed by atoms with E-state index in [9.17, 15) is 0 Å². The van der Waals surface area contributed by atoms with Gasteiger partial charge < -0.3 is 5.32 Å². The average Bonchev–Trinajstić information content (AvgIpc) is 2.37. The smallest absolute Gasteiger partial charge is 0.0640 e. The van der Waals surface area contributed by atoms with E-state index >= 15 is 0 Å². The van der Waals surface area contributed by atoms with Crippen LogP contribution in [0.2, 0.25) is 5.02 Å². The van der Waals surface area contributed by atoms with Crippen molar-refractivity contribution in [2.75, 3.05) is 11.9 Å². The molecular formula is C18H28ClN. The highest BCUT2D eigenvalue weighted by molar-refractivity contribution is 6.33. The van der Waals surface area contributed by atoms with Crippen molar-refractivity contribution < 1.29 is 0 Å². The van der Waals surface area contributed by atoms with E-state index in [-0.39, 0.29) is 0 Å². The Kier molecular flexibility index (Phi) is 5.01. The highest BCUT2D eigenvalue weighted by Crippen LogP contribution is 2.40. The van der Waals surface area contributed by atoms with Crippen molar-refractivity contribution in [3.05, 3.63) is 28.8 Å². The van der Waals surface area contributed by atoms with E-state index in [1.807, 2.05) is 12.1 Å². The molecule has 1 saturated carbocycles. The molecule has 1 aromatic carbocycles. The van der Waals surface area contributed by atoms with E-state index in [2.05, 4.69) is 39.1 Å². The number of nitrogens with one attached hydrogen (secondary N) is 1. The predicted octanol–water partition coefficient (Wildman–Crippen LogP) is 5.91. The Labute approximate surface area is 129 Å². The second kappa shape index (κ2) is 6.39. The van der Waals surface area contributed by atoms with Crippen LogP contribution >= 0.6 is 11.6 Å². The molecule has 1 nitrogen and oxygen atoms in total. The van der Waals surface area contributed by atoms with E-state index in [1.165, 1.54) is 31.2 Å². The average molecular weight is 294 g/mol. The number of hydrogen-bond acceptors (Lipinski definition) is 1. The molecule has 20 heavy (non-hydrogen) atoms. The maximum absolute atomic E-state index is 6.27. The first-order valence-electron chi connectivity index (χ1n) is 7.87. The zero-order valence-corrected chi connectivity index (χ0v) is 14.1. The van der Waals surface area contributed by atoms with Gasteiger partial charge in [-0.2, -0.15) is 0 Å². The molecule has 2 heteroatoms. The van der Waals surface area contributed by atoms with E-state index in [1.54, 1.807) is 0 Å². The van der Waals surface area contributed by atoms with Crippen molar-refractivity contribution in [2.45, 2.75) is 53.4 Å². The normalized spacial score (nSPS) is 23.6. The van der Waals surface area contributed by atoms with Gasteiger partial charge in [0, 0.05) is 6.54 Å². The number of para-hydroxylation sites is 1. The largest absolute Gasteiger partial charge is 0.383 e. The molecule has 1 aliphatic carbocycles. The molecule has 0 aromatic heterocycles. The second-order valence-electron chi connectivity index (χ2n) is 7.40. The van der Waals surface area contributed by atoms with Crippen molar-refractivity contribution >= 4 is 17.3 Å². The zero-order valence-electron chi connectivity index (χ0n) is 13.3. The SMILES string of the molecule is Cc1cccc(Cl)c1NCC1CCC(C(C)(C)C)CC1. The molecule has 0 radical (unpaired) electrons. The Morgan fingerprint density at radius 3 is 2.35 bits per heavy atom. The molecule has 2 rings (SSSR count). The third-order valence-electron chi connectivity index (χ3n) is 4.86. The second-order valence-corrected chi connectivity index (χ2v) is 7.80. The summed E-state index contributed by atoms with van der Waals surface area (Å²) in [5.41, 5.74) is 2.82. The van der Waals surface area contributed by atoms with E-state index in [0.29, 0.717) is 5.41 Å². The molecule has 0 unspecified atom stereocenters. The van der Waals surface area contributed by atoms with Gasteiger partial charge in [0.2, 0.25) is 0 Å². The van der Waals surface area contributed by atoms with Crippen molar-refractivity contribution in [3.8, 4) is 0 Å². The van der Waals surface area contributed by atoms with Gasteiger partial charge in [-0.1, -0.05) is 44.5 Å². The van der Waals surface area contributed by atoms with Crippen molar-refractivity contribution in [3.63, 3.8) is 0 Å². The van der Waals surface area contributed by atoms with E-state index in [4.69, 9.17) is 11.6 Å². The number of hydrogen-bond donors (Lipinski definition) is 1. The Bertz CT molecular complexity index is 419. The summed E-state index contributed by atoms with van der Waals surface area (Å²) in [5, 5.41) is 4.41. The van der Waals surface area contributed by atoms with Crippen molar-refractivity contribution in [2.24, 2.45) is 17.3 Å². The minimum Gasteiger partial charge on any atom is -0.383 e. The first-order chi connectivity index (χ1) is 9.38. The monoisotopic (exact) mass is 293 g/mol. The fourth-order valence-corrected chi connectivity index (χ4v) is 3.62. The third-order valence-corrected chi connectivity index (χ3v) is 5.18. The Morgan fingerprint density at radius 2 is 1.80 bits per heavy atom. The van der Waals surface area contributed by atoms with Crippen LogP contribution in [0.15, 0.2) is 18.2 Å². The zero-order chi connectivity index (χ0) is 14.8. The molecule has 112 valence electrons. The van der Waals surface area contributed by atoms with Gasteiger partial charge >= 0.3 is 0 Å². The lowest BCUT2D eigenvalue weighted by molar-refractivity contribution is 0.153. The molecule has 0 atom stereocenters. The summed E-state index contributed by atoms with van der Waals surface area (Å²) in [7, 11) is 0. The molecule has 0 aliphatic heterocycles. The highest BCUT2D eigenvalue weighted by atomic mass is 35.5. The van der Waals surface area contributed by atoms with E-state index in [0.717, 1.165) is 29.1 Å². The third kappa shape index (κ3) is 3.91.